The molecule has 126 valence electrons. The van der Waals surface area contributed by atoms with Gasteiger partial charge in [0.1, 0.15) is 5.69 Å². The molecule has 0 aliphatic heterocycles. The van der Waals surface area contributed by atoms with Gasteiger partial charge in [0.25, 0.3) is 5.91 Å². The molecule has 0 saturated carbocycles. The van der Waals surface area contributed by atoms with Crippen LogP contribution < -0.4 is 5.32 Å². The molecule has 0 saturated heterocycles. The molecule has 2 aromatic heterocycles. The predicted molar refractivity (Wildman–Crippen MR) is 102 cm³/mol. The predicted octanol–water partition coefficient (Wildman–Crippen LogP) is 4.54. The van der Waals surface area contributed by atoms with Gasteiger partial charge in [-0.2, -0.15) is 0 Å². The standard InChI is InChI=1S/C17H16BrClN2O2S/c1-23-6-5-20-17(22)14-8-15-13(9-16(18)24-15)21(14)10-11-3-2-4-12(19)7-11/h2-4,7-9H,5-6,10H2,1H3,(H,20,22). The van der Waals surface area contributed by atoms with Gasteiger partial charge in [-0.05, 0) is 45.8 Å². The average molecular weight is 428 g/mol. The van der Waals surface area contributed by atoms with Crippen LogP contribution in [0.2, 0.25) is 5.02 Å². The number of hydrogen-bond acceptors (Lipinski definition) is 3. The highest BCUT2D eigenvalue weighted by atomic mass is 79.9. The summed E-state index contributed by atoms with van der Waals surface area (Å²) in [6, 6.07) is 11.6. The SMILES string of the molecule is COCCNC(=O)c1cc2sc(Br)cc2n1Cc1cccc(Cl)c1. The number of rotatable bonds is 6. The molecule has 3 aromatic rings. The Balaban J connectivity index is 1.96. The Morgan fingerprint density at radius 3 is 2.96 bits per heavy atom. The van der Waals surface area contributed by atoms with Crippen molar-refractivity contribution in [2.75, 3.05) is 20.3 Å². The number of ether oxygens (including phenoxy) is 1. The van der Waals surface area contributed by atoms with Gasteiger partial charge in [0.2, 0.25) is 0 Å². The monoisotopic (exact) mass is 426 g/mol. The summed E-state index contributed by atoms with van der Waals surface area (Å²) in [6.45, 7) is 1.55. The molecule has 1 aromatic carbocycles. The highest BCUT2D eigenvalue weighted by Gasteiger charge is 2.17. The summed E-state index contributed by atoms with van der Waals surface area (Å²) in [5.74, 6) is -0.103. The first-order chi connectivity index (χ1) is 11.6. The topological polar surface area (TPSA) is 43.3 Å². The summed E-state index contributed by atoms with van der Waals surface area (Å²) in [5.41, 5.74) is 2.72. The van der Waals surface area contributed by atoms with Crippen LogP contribution in [-0.4, -0.2) is 30.7 Å². The minimum Gasteiger partial charge on any atom is -0.383 e. The van der Waals surface area contributed by atoms with Crippen molar-refractivity contribution in [1.82, 2.24) is 9.88 Å². The lowest BCUT2D eigenvalue weighted by atomic mass is 10.2. The number of nitrogens with zero attached hydrogens (tertiary/aromatic N) is 1. The number of methoxy groups -OCH3 is 1. The van der Waals surface area contributed by atoms with Gasteiger partial charge in [-0.1, -0.05) is 23.7 Å². The summed E-state index contributed by atoms with van der Waals surface area (Å²) in [4.78, 5) is 12.5. The highest BCUT2D eigenvalue weighted by Crippen LogP contribution is 2.33. The van der Waals surface area contributed by atoms with Gasteiger partial charge in [0, 0.05) is 25.2 Å². The minimum absolute atomic E-state index is 0.103. The number of amides is 1. The molecule has 0 bridgehead atoms. The van der Waals surface area contributed by atoms with Gasteiger partial charge in [-0.3, -0.25) is 4.79 Å². The van der Waals surface area contributed by atoms with E-state index >= 15 is 0 Å². The maximum absolute atomic E-state index is 12.5. The molecular formula is C17H16BrClN2O2S. The molecule has 4 nitrogen and oxygen atoms in total. The largest absolute Gasteiger partial charge is 0.383 e. The lowest BCUT2D eigenvalue weighted by Gasteiger charge is -2.11. The van der Waals surface area contributed by atoms with Crippen LogP contribution in [0, 0.1) is 0 Å². The fraction of sp³-hybridized carbons (Fsp3) is 0.235. The van der Waals surface area contributed by atoms with Gasteiger partial charge in [0.15, 0.2) is 0 Å². The zero-order valence-electron chi connectivity index (χ0n) is 13.0. The third-order valence-electron chi connectivity index (χ3n) is 3.61. The fourth-order valence-electron chi connectivity index (χ4n) is 2.55. The molecule has 7 heteroatoms. The van der Waals surface area contributed by atoms with Crippen LogP contribution in [0.25, 0.3) is 10.2 Å². The minimum atomic E-state index is -0.103. The van der Waals surface area contributed by atoms with Crippen molar-refractivity contribution in [3.05, 3.63) is 56.5 Å². The molecule has 1 amide bonds. The number of carbonyl (C=O) groups excluding carboxylic acids is 1. The van der Waals surface area contributed by atoms with Crippen molar-refractivity contribution in [1.29, 1.82) is 0 Å². The molecule has 1 N–H and O–H groups in total. The third kappa shape index (κ3) is 3.83. The molecule has 0 fully saturated rings. The Hall–Kier alpha value is -1.34. The Bertz CT molecular complexity index is 875. The Kier molecular flexibility index (Phi) is 5.61. The quantitative estimate of drug-likeness (QED) is 0.587. The summed E-state index contributed by atoms with van der Waals surface area (Å²) in [5, 5.41) is 3.57. The van der Waals surface area contributed by atoms with Gasteiger partial charge < -0.3 is 14.6 Å². The van der Waals surface area contributed by atoms with E-state index in [1.807, 2.05) is 41.0 Å². The van der Waals surface area contributed by atoms with Crippen LogP contribution in [0.3, 0.4) is 0 Å². The molecule has 24 heavy (non-hydrogen) atoms. The number of aromatic nitrogens is 1. The first-order valence-electron chi connectivity index (χ1n) is 7.38. The molecule has 0 spiro atoms. The third-order valence-corrected chi connectivity index (χ3v) is 5.42. The summed E-state index contributed by atoms with van der Waals surface area (Å²) >= 11 is 11.2. The molecule has 0 aliphatic rings. The van der Waals surface area contributed by atoms with Crippen molar-refractivity contribution >= 4 is 55.0 Å². The van der Waals surface area contributed by atoms with E-state index in [0.717, 1.165) is 19.6 Å². The van der Waals surface area contributed by atoms with Crippen LogP contribution in [0.5, 0.6) is 0 Å². The molecule has 0 aliphatic carbocycles. The Labute approximate surface area is 157 Å². The molecule has 0 radical (unpaired) electrons. The van der Waals surface area contributed by atoms with Crippen molar-refractivity contribution in [3.8, 4) is 0 Å². The number of fused-ring (bicyclic) bond motifs is 1. The molecule has 3 rings (SSSR count). The van der Waals surface area contributed by atoms with E-state index in [2.05, 4.69) is 21.2 Å². The molecule has 0 unspecified atom stereocenters. The molecule has 2 heterocycles. The number of benzene rings is 1. The number of carbonyl (C=O) groups is 1. The normalized spacial score (nSPS) is 11.1. The van der Waals surface area contributed by atoms with Crippen molar-refractivity contribution in [2.45, 2.75) is 6.54 Å². The summed E-state index contributed by atoms with van der Waals surface area (Å²) in [6.07, 6.45) is 0. The van der Waals surface area contributed by atoms with E-state index in [1.54, 1.807) is 18.4 Å². The van der Waals surface area contributed by atoms with Crippen molar-refractivity contribution < 1.29 is 9.53 Å². The van der Waals surface area contributed by atoms with Gasteiger partial charge in [-0.15, -0.1) is 11.3 Å². The van der Waals surface area contributed by atoms with Crippen molar-refractivity contribution in [3.63, 3.8) is 0 Å². The molecule has 0 atom stereocenters. The van der Waals surface area contributed by atoms with Crippen LogP contribution in [0.4, 0.5) is 0 Å². The highest BCUT2D eigenvalue weighted by molar-refractivity contribution is 9.11. The second-order valence-electron chi connectivity index (χ2n) is 5.29. The first kappa shape index (κ1) is 17.5. The smallest absolute Gasteiger partial charge is 0.268 e. The fourth-order valence-corrected chi connectivity index (χ4v) is 4.32. The maximum Gasteiger partial charge on any atom is 0.268 e. The number of thiophene rings is 1. The van der Waals surface area contributed by atoms with Crippen molar-refractivity contribution in [2.24, 2.45) is 0 Å². The Morgan fingerprint density at radius 2 is 2.21 bits per heavy atom. The summed E-state index contributed by atoms with van der Waals surface area (Å²) in [7, 11) is 1.61. The van der Waals surface area contributed by atoms with Crippen LogP contribution in [-0.2, 0) is 11.3 Å². The number of hydrogen-bond donors (Lipinski definition) is 1. The van der Waals surface area contributed by atoms with Crippen LogP contribution in [0.15, 0.2) is 40.2 Å². The molecular weight excluding hydrogens is 412 g/mol. The van der Waals surface area contributed by atoms with E-state index in [4.69, 9.17) is 16.3 Å². The lowest BCUT2D eigenvalue weighted by Crippen LogP contribution is -2.29. The van der Waals surface area contributed by atoms with E-state index in [9.17, 15) is 4.79 Å². The average Bonchev–Trinajstić information content (AvgIpc) is 3.05. The van der Waals surface area contributed by atoms with Gasteiger partial charge in [-0.25, -0.2) is 0 Å². The first-order valence-corrected chi connectivity index (χ1v) is 9.37. The number of nitrogens with one attached hydrogen (secondary N) is 1. The van der Waals surface area contributed by atoms with E-state index in [1.165, 1.54) is 0 Å². The van der Waals surface area contributed by atoms with E-state index in [-0.39, 0.29) is 5.91 Å². The zero-order valence-corrected chi connectivity index (χ0v) is 16.2. The maximum atomic E-state index is 12.5. The number of halogens is 2. The van der Waals surface area contributed by atoms with Gasteiger partial charge in [0.05, 0.1) is 20.6 Å². The van der Waals surface area contributed by atoms with E-state index in [0.29, 0.717) is 30.4 Å². The summed E-state index contributed by atoms with van der Waals surface area (Å²) < 4.78 is 9.12. The van der Waals surface area contributed by atoms with Gasteiger partial charge >= 0.3 is 0 Å². The van der Waals surface area contributed by atoms with Crippen LogP contribution >= 0.6 is 38.9 Å². The second-order valence-corrected chi connectivity index (χ2v) is 8.19. The second kappa shape index (κ2) is 7.70. The van der Waals surface area contributed by atoms with Crippen LogP contribution in [0.1, 0.15) is 16.1 Å². The van der Waals surface area contributed by atoms with E-state index < -0.39 is 0 Å². The lowest BCUT2D eigenvalue weighted by molar-refractivity contribution is 0.0929. The Morgan fingerprint density at radius 1 is 1.38 bits per heavy atom. The zero-order chi connectivity index (χ0) is 17.1.